The van der Waals surface area contributed by atoms with Crippen LogP contribution < -0.4 is 10.6 Å². The highest BCUT2D eigenvalue weighted by Gasteiger charge is 2.26. The smallest absolute Gasteiger partial charge is 0.243 e. The van der Waals surface area contributed by atoms with Crippen LogP contribution in [0.25, 0.3) is 10.9 Å². The van der Waals surface area contributed by atoms with E-state index in [4.69, 9.17) is 5.73 Å². The molecule has 0 saturated heterocycles. The molecule has 3 rings (SSSR count). The van der Waals surface area contributed by atoms with Crippen molar-refractivity contribution in [3.63, 3.8) is 0 Å². The summed E-state index contributed by atoms with van der Waals surface area (Å²) >= 11 is 0. The zero-order valence-electron chi connectivity index (χ0n) is 9.03. The molecule has 2 aromatic rings. The first kappa shape index (κ1) is 9.42. The lowest BCUT2D eigenvalue weighted by atomic mass is 10.1. The molecule has 1 unspecified atom stereocenters. The van der Waals surface area contributed by atoms with Crippen molar-refractivity contribution in [2.24, 2.45) is 5.73 Å². The second-order valence-electron chi connectivity index (χ2n) is 4.22. The largest absolute Gasteiger partial charge is 0.361 e. The number of hydrogen-bond acceptors (Lipinski definition) is 2. The molecule has 0 radical (unpaired) electrons. The third kappa shape index (κ3) is 1.10. The third-order valence-electron chi connectivity index (χ3n) is 3.21. The van der Waals surface area contributed by atoms with E-state index in [0.29, 0.717) is 6.42 Å². The van der Waals surface area contributed by atoms with Gasteiger partial charge in [0, 0.05) is 24.1 Å². The Hall–Kier alpha value is -1.81. The maximum atomic E-state index is 11.9. The van der Waals surface area contributed by atoms with Gasteiger partial charge in [-0.3, -0.25) is 4.79 Å². The van der Waals surface area contributed by atoms with Crippen molar-refractivity contribution < 1.29 is 4.79 Å². The van der Waals surface area contributed by atoms with Crippen molar-refractivity contribution in [3.8, 4) is 0 Å². The van der Waals surface area contributed by atoms with E-state index in [2.05, 4.69) is 4.98 Å². The van der Waals surface area contributed by atoms with Crippen LogP contribution >= 0.6 is 0 Å². The molecular weight excluding hydrogens is 202 g/mol. The van der Waals surface area contributed by atoms with Crippen molar-refractivity contribution in [1.82, 2.24) is 4.98 Å². The summed E-state index contributed by atoms with van der Waals surface area (Å²) in [5, 5.41) is 1.12. The van der Waals surface area contributed by atoms with Crippen molar-refractivity contribution in [1.29, 1.82) is 0 Å². The van der Waals surface area contributed by atoms with E-state index in [1.54, 1.807) is 11.9 Å². The number of carbonyl (C=O) groups excluding carboxylic acids is 1. The lowest BCUT2D eigenvalue weighted by Crippen LogP contribution is -2.41. The van der Waals surface area contributed by atoms with Crippen LogP contribution in [0.3, 0.4) is 0 Å². The number of H-pyrrole nitrogens is 1. The molecule has 1 aliphatic rings. The molecule has 0 spiro atoms. The number of hydrogen-bond donors (Lipinski definition) is 2. The van der Waals surface area contributed by atoms with Crippen LogP contribution in [0, 0.1) is 0 Å². The number of nitrogens with one attached hydrogen (secondary N) is 1. The molecule has 4 heteroatoms. The van der Waals surface area contributed by atoms with Crippen molar-refractivity contribution in [2.75, 3.05) is 11.9 Å². The lowest BCUT2D eigenvalue weighted by Gasteiger charge is -2.18. The maximum Gasteiger partial charge on any atom is 0.243 e. The molecule has 0 bridgehead atoms. The molecule has 1 amide bonds. The summed E-state index contributed by atoms with van der Waals surface area (Å²) in [6.45, 7) is 0. The van der Waals surface area contributed by atoms with Gasteiger partial charge in [0.1, 0.15) is 0 Å². The molecule has 1 aliphatic heterocycles. The van der Waals surface area contributed by atoms with Gasteiger partial charge in [0.2, 0.25) is 5.91 Å². The van der Waals surface area contributed by atoms with Crippen molar-refractivity contribution in [3.05, 3.63) is 30.0 Å². The SMILES string of the molecule is CN1C(=O)C(N)Cc2c[nH]c3cccc1c23. The molecule has 4 nitrogen and oxygen atoms in total. The number of anilines is 1. The van der Waals surface area contributed by atoms with E-state index in [0.717, 1.165) is 22.2 Å². The topological polar surface area (TPSA) is 62.1 Å². The molecule has 82 valence electrons. The number of amides is 1. The molecular formula is C12H13N3O. The minimum absolute atomic E-state index is 0.0244. The van der Waals surface area contributed by atoms with E-state index >= 15 is 0 Å². The molecule has 0 saturated carbocycles. The molecule has 0 aliphatic carbocycles. The number of nitrogens with zero attached hydrogens (tertiary/aromatic N) is 1. The van der Waals surface area contributed by atoms with Crippen LogP contribution in [0.15, 0.2) is 24.4 Å². The minimum atomic E-state index is -0.448. The van der Waals surface area contributed by atoms with Crippen LogP contribution in [0.5, 0.6) is 0 Å². The summed E-state index contributed by atoms with van der Waals surface area (Å²) < 4.78 is 0. The highest BCUT2D eigenvalue weighted by atomic mass is 16.2. The molecule has 3 N–H and O–H groups in total. The second kappa shape index (κ2) is 3.09. The average molecular weight is 215 g/mol. The van der Waals surface area contributed by atoms with Gasteiger partial charge in [0.15, 0.2) is 0 Å². The maximum absolute atomic E-state index is 11.9. The predicted molar refractivity (Wildman–Crippen MR) is 63.4 cm³/mol. The van der Waals surface area contributed by atoms with E-state index in [9.17, 15) is 4.79 Å². The van der Waals surface area contributed by atoms with Gasteiger partial charge in [0.05, 0.1) is 11.7 Å². The van der Waals surface area contributed by atoms with Gasteiger partial charge in [-0.15, -0.1) is 0 Å². The average Bonchev–Trinajstić information content (AvgIpc) is 2.66. The summed E-state index contributed by atoms with van der Waals surface area (Å²) in [6.07, 6.45) is 2.54. The summed E-state index contributed by atoms with van der Waals surface area (Å²) in [4.78, 5) is 16.8. The van der Waals surface area contributed by atoms with Gasteiger partial charge in [-0.25, -0.2) is 0 Å². The van der Waals surface area contributed by atoms with Gasteiger partial charge in [0.25, 0.3) is 0 Å². The van der Waals surface area contributed by atoms with E-state index < -0.39 is 6.04 Å². The lowest BCUT2D eigenvalue weighted by molar-refractivity contribution is -0.119. The van der Waals surface area contributed by atoms with E-state index in [1.807, 2.05) is 24.4 Å². The van der Waals surface area contributed by atoms with Crippen LogP contribution in [0.4, 0.5) is 5.69 Å². The minimum Gasteiger partial charge on any atom is -0.361 e. The van der Waals surface area contributed by atoms with Gasteiger partial charge in [-0.2, -0.15) is 0 Å². The van der Waals surface area contributed by atoms with Gasteiger partial charge in [-0.1, -0.05) is 6.07 Å². The summed E-state index contributed by atoms with van der Waals surface area (Å²) in [7, 11) is 1.78. The fraction of sp³-hybridized carbons (Fsp3) is 0.250. The number of carbonyl (C=O) groups is 1. The molecule has 2 heterocycles. The first-order chi connectivity index (χ1) is 7.68. The zero-order chi connectivity index (χ0) is 11.3. The van der Waals surface area contributed by atoms with Crippen LogP contribution in [0.1, 0.15) is 5.56 Å². The number of aromatic amines is 1. The van der Waals surface area contributed by atoms with Crippen molar-refractivity contribution in [2.45, 2.75) is 12.5 Å². The Bertz CT molecular complexity index is 573. The number of aromatic nitrogens is 1. The Labute approximate surface area is 93.0 Å². The van der Waals surface area contributed by atoms with Gasteiger partial charge in [-0.05, 0) is 24.1 Å². The van der Waals surface area contributed by atoms with E-state index in [-0.39, 0.29) is 5.91 Å². The first-order valence-electron chi connectivity index (χ1n) is 5.30. The molecule has 16 heavy (non-hydrogen) atoms. The zero-order valence-corrected chi connectivity index (χ0v) is 9.03. The molecule has 1 aromatic heterocycles. The van der Waals surface area contributed by atoms with Gasteiger partial charge >= 0.3 is 0 Å². The fourth-order valence-electron chi connectivity index (χ4n) is 2.37. The van der Waals surface area contributed by atoms with E-state index in [1.165, 1.54) is 0 Å². The quantitative estimate of drug-likeness (QED) is 0.689. The molecule has 1 atom stereocenters. The monoisotopic (exact) mass is 215 g/mol. The Balaban J connectivity index is 2.35. The number of nitrogens with two attached hydrogens (primary N) is 1. The highest BCUT2D eigenvalue weighted by molar-refractivity contribution is 6.07. The van der Waals surface area contributed by atoms with Crippen LogP contribution in [-0.4, -0.2) is 24.0 Å². The Morgan fingerprint density at radius 3 is 3.12 bits per heavy atom. The Morgan fingerprint density at radius 2 is 2.31 bits per heavy atom. The number of benzene rings is 1. The fourth-order valence-corrected chi connectivity index (χ4v) is 2.37. The summed E-state index contributed by atoms with van der Waals surface area (Å²) in [6, 6.07) is 5.46. The molecule has 1 aromatic carbocycles. The number of rotatable bonds is 0. The third-order valence-corrected chi connectivity index (χ3v) is 3.21. The first-order valence-corrected chi connectivity index (χ1v) is 5.30. The Morgan fingerprint density at radius 1 is 1.50 bits per heavy atom. The Kier molecular flexibility index (Phi) is 1.82. The predicted octanol–water partition coefficient (Wildman–Crippen LogP) is 1.01. The summed E-state index contributed by atoms with van der Waals surface area (Å²) in [5.74, 6) is -0.0244. The molecule has 0 fully saturated rings. The second-order valence-corrected chi connectivity index (χ2v) is 4.22. The highest BCUT2D eigenvalue weighted by Crippen LogP contribution is 2.32. The number of likely N-dealkylation sites (N-methyl/N-ethyl adjacent to an activating group) is 1. The standard InChI is InChI=1S/C12H13N3O/c1-15-10-4-2-3-9-11(10)7(6-14-9)5-8(13)12(15)16/h2-4,6,8,14H,5,13H2,1H3. The van der Waals surface area contributed by atoms with Crippen LogP contribution in [0.2, 0.25) is 0 Å². The van der Waals surface area contributed by atoms with Crippen LogP contribution in [-0.2, 0) is 11.2 Å². The van der Waals surface area contributed by atoms with Gasteiger partial charge < -0.3 is 15.6 Å². The van der Waals surface area contributed by atoms with Crippen molar-refractivity contribution >= 4 is 22.5 Å². The normalized spacial score (nSPS) is 20.2. The summed E-state index contributed by atoms with van der Waals surface area (Å²) in [5.41, 5.74) is 8.99.